The van der Waals surface area contributed by atoms with Crippen LogP contribution in [-0.4, -0.2) is 51.4 Å². The molecule has 0 aliphatic carbocycles. The highest BCUT2D eigenvalue weighted by atomic mass is 32.2. The van der Waals surface area contributed by atoms with E-state index in [0.29, 0.717) is 16.8 Å². The molecule has 0 bridgehead atoms. The van der Waals surface area contributed by atoms with Crippen molar-refractivity contribution < 1.29 is 28.7 Å². The van der Waals surface area contributed by atoms with Crippen LogP contribution in [0.5, 0.6) is 0 Å². The maximum Gasteiger partial charge on any atom is 0.374 e. The first-order chi connectivity index (χ1) is 16.2. The number of nitrogens with zero attached hydrogens (tertiary/aromatic N) is 1. The van der Waals surface area contributed by atoms with E-state index in [1.807, 2.05) is 13.8 Å². The van der Waals surface area contributed by atoms with Gasteiger partial charge in [-0.15, -0.1) is 11.8 Å². The Hall–Kier alpha value is -3.46. The Morgan fingerprint density at radius 2 is 1.74 bits per heavy atom. The van der Waals surface area contributed by atoms with Gasteiger partial charge in [0, 0.05) is 6.42 Å². The van der Waals surface area contributed by atoms with Crippen molar-refractivity contribution >= 4 is 41.0 Å². The predicted molar refractivity (Wildman–Crippen MR) is 127 cm³/mol. The first-order valence-corrected chi connectivity index (χ1v) is 11.6. The van der Waals surface area contributed by atoms with E-state index >= 15 is 0 Å². The molecule has 2 atom stereocenters. The highest BCUT2D eigenvalue weighted by molar-refractivity contribution is 8.03. The molecule has 0 saturated carbocycles. The number of halogens is 1. The van der Waals surface area contributed by atoms with Gasteiger partial charge in [-0.2, -0.15) is 0 Å². The second kappa shape index (κ2) is 11.1. The van der Waals surface area contributed by atoms with Crippen LogP contribution in [-0.2, 0) is 25.6 Å². The highest BCUT2D eigenvalue weighted by Crippen LogP contribution is 2.35. The number of hydrogen-bond acceptors (Lipinski definition) is 5. The zero-order chi connectivity index (χ0) is 24.8. The number of benzene rings is 2. The molecule has 2 aromatic rings. The van der Waals surface area contributed by atoms with Crippen LogP contribution in [0.1, 0.15) is 25.0 Å². The topological polar surface area (TPSA) is 104 Å². The molecule has 3 rings (SSSR count). The molecule has 1 aliphatic rings. The van der Waals surface area contributed by atoms with E-state index in [0.717, 1.165) is 0 Å². The number of carboxylic acid groups (broad SMARTS) is 1. The van der Waals surface area contributed by atoms with Gasteiger partial charge >= 0.3 is 5.97 Å². The molecule has 178 valence electrons. The molecule has 1 aliphatic heterocycles. The summed E-state index contributed by atoms with van der Waals surface area (Å²) in [6.07, 6.45) is -0.00319. The zero-order valence-corrected chi connectivity index (χ0v) is 19.5. The maximum absolute atomic E-state index is 13.4. The number of ketones is 1. The van der Waals surface area contributed by atoms with Crippen LogP contribution in [0.15, 0.2) is 60.0 Å². The van der Waals surface area contributed by atoms with Gasteiger partial charge in [0.05, 0.1) is 10.9 Å². The molecule has 2 aromatic carbocycles. The standard InChI is InChI=1S/C25H25FN2O5S/c1-15(2)23-24(31)28(20(14-34-23)17-8-10-18(26)11-9-17)13-21(29)27-19(22(30)25(32)33)12-16-6-4-3-5-7-16/h3-11,14-15,19,23H,12-13H2,1-2H3,(H,27,29)(H,32,33)/t19-,23?/m0/s1. The van der Waals surface area contributed by atoms with Gasteiger partial charge in [-0.25, -0.2) is 9.18 Å². The van der Waals surface area contributed by atoms with E-state index in [4.69, 9.17) is 0 Å². The van der Waals surface area contributed by atoms with Crippen molar-refractivity contribution in [1.82, 2.24) is 10.2 Å². The Morgan fingerprint density at radius 3 is 2.32 bits per heavy atom. The molecule has 0 aromatic heterocycles. The summed E-state index contributed by atoms with van der Waals surface area (Å²) in [5.41, 5.74) is 1.67. The summed E-state index contributed by atoms with van der Waals surface area (Å²) < 4.78 is 13.4. The van der Waals surface area contributed by atoms with Gasteiger partial charge in [0.2, 0.25) is 11.8 Å². The van der Waals surface area contributed by atoms with E-state index in [-0.39, 0.29) is 18.2 Å². The number of thioether (sulfide) groups is 1. The number of aliphatic carboxylic acids is 1. The highest BCUT2D eigenvalue weighted by Gasteiger charge is 2.35. The van der Waals surface area contributed by atoms with Crippen molar-refractivity contribution in [1.29, 1.82) is 0 Å². The molecular formula is C25H25FN2O5S. The van der Waals surface area contributed by atoms with Crippen LogP contribution >= 0.6 is 11.8 Å². The van der Waals surface area contributed by atoms with Crippen LogP contribution in [0.4, 0.5) is 4.39 Å². The Morgan fingerprint density at radius 1 is 1.09 bits per heavy atom. The summed E-state index contributed by atoms with van der Waals surface area (Å²) in [4.78, 5) is 51.1. The van der Waals surface area contributed by atoms with Gasteiger partial charge < -0.3 is 15.3 Å². The van der Waals surface area contributed by atoms with Gasteiger partial charge in [-0.1, -0.05) is 44.2 Å². The fourth-order valence-corrected chi connectivity index (χ4v) is 4.67. The lowest BCUT2D eigenvalue weighted by atomic mass is 10.0. The number of hydrogen-bond donors (Lipinski definition) is 2. The maximum atomic E-state index is 13.4. The van der Waals surface area contributed by atoms with Crippen molar-refractivity contribution in [2.45, 2.75) is 31.6 Å². The van der Waals surface area contributed by atoms with Gasteiger partial charge in [0.1, 0.15) is 18.4 Å². The lowest BCUT2D eigenvalue weighted by molar-refractivity contribution is -0.150. The number of Topliss-reactive ketones (excluding diaryl/α,β-unsaturated/α-hetero) is 1. The van der Waals surface area contributed by atoms with Crippen molar-refractivity contribution in [3.63, 3.8) is 0 Å². The molecule has 0 saturated heterocycles. The summed E-state index contributed by atoms with van der Waals surface area (Å²) in [5, 5.41) is 13.0. The average molecular weight is 485 g/mol. The zero-order valence-electron chi connectivity index (χ0n) is 18.7. The third kappa shape index (κ3) is 6.11. The largest absolute Gasteiger partial charge is 0.475 e. The van der Waals surface area contributed by atoms with Crippen molar-refractivity contribution in [3.05, 3.63) is 76.9 Å². The predicted octanol–water partition coefficient (Wildman–Crippen LogP) is 3.11. The molecule has 0 spiro atoms. The Labute approximate surface area is 201 Å². The number of carbonyl (C=O) groups excluding carboxylic acids is 3. The number of rotatable bonds is 9. The van der Waals surface area contributed by atoms with Gasteiger partial charge in [-0.3, -0.25) is 14.4 Å². The molecule has 9 heteroatoms. The minimum Gasteiger partial charge on any atom is -0.475 e. The minimum atomic E-state index is -1.65. The van der Waals surface area contributed by atoms with Gasteiger partial charge in [0.25, 0.3) is 5.78 Å². The van der Waals surface area contributed by atoms with Crippen LogP contribution in [0.2, 0.25) is 0 Å². The molecule has 2 N–H and O–H groups in total. The van der Waals surface area contributed by atoms with Gasteiger partial charge in [-0.05, 0) is 46.7 Å². The smallest absolute Gasteiger partial charge is 0.374 e. The molecule has 34 heavy (non-hydrogen) atoms. The Balaban J connectivity index is 1.84. The fourth-order valence-electron chi connectivity index (χ4n) is 3.57. The molecular weight excluding hydrogens is 459 g/mol. The monoisotopic (exact) mass is 484 g/mol. The first-order valence-electron chi connectivity index (χ1n) is 10.7. The number of carboxylic acids is 1. The second-order valence-corrected chi connectivity index (χ2v) is 9.23. The van der Waals surface area contributed by atoms with E-state index < -0.39 is 41.3 Å². The Kier molecular flexibility index (Phi) is 8.22. The average Bonchev–Trinajstić information content (AvgIpc) is 2.80. The molecule has 1 unspecified atom stereocenters. The summed E-state index contributed by atoms with van der Waals surface area (Å²) in [7, 11) is 0. The quantitative estimate of drug-likeness (QED) is 0.530. The normalized spacial score (nSPS) is 16.7. The second-order valence-electron chi connectivity index (χ2n) is 8.21. The lowest BCUT2D eigenvalue weighted by Gasteiger charge is -2.34. The van der Waals surface area contributed by atoms with Crippen molar-refractivity contribution in [3.8, 4) is 0 Å². The van der Waals surface area contributed by atoms with Crippen LogP contribution in [0, 0.1) is 11.7 Å². The number of amides is 2. The molecule has 0 fully saturated rings. The summed E-state index contributed by atoms with van der Waals surface area (Å²) >= 11 is 1.33. The molecule has 0 radical (unpaired) electrons. The van der Waals surface area contributed by atoms with Crippen molar-refractivity contribution in [2.24, 2.45) is 5.92 Å². The third-order valence-electron chi connectivity index (χ3n) is 5.32. The lowest BCUT2D eigenvalue weighted by Crippen LogP contribution is -2.51. The van der Waals surface area contributed by atoms with Crippen LogP contribution in [0.25, 0.3) is 5.70 Å². The number of nitrogens with one attached hydrogen (secondary N) is 1. The molecule has 2 amide bonds. The first kappa shape index (κ1) is 25.2. The minimum absolute atomic E-state index is 0.00319. The summed E-state index contributed by atoms with van der Waals surface area (Å²) in [5.74, 6) is -4.20. The molecule has 1 heterocycles. The van der Waals surface area contributed by atoms with Crippen LogP contribution in [0.3, 0.4) is 0 Å². The third-order valence-corrected chi connectivity index (χ3v) is 6.72. The van der Waals surface area contributed by atoms with Crippen LogP contribution < -0.4 is 5.32 Å². The van der Waals surface area contributed by atoms with E-state index in [1.165, 1.54) is 40.9 Å². The summed E-state index contributed by atoms with van der Waals surface area (Å²) in [6, 6.07) is 13.0. The van der Waals surface area contributed by atoms with E-state index in [1.54, 1.807) is 35.7 Å². The summed E-state index contributed by atoms with van der Waals surface area (Å²) in [6.45, 7) is 3.38. The number of carbonyl (C=O) groups is 4. The SMILES string of the molecule is CC(C)C1SC=C(c2ccc(F)cc2)N(CC(=O)N[C@@H](Cc2ccccc2)C(=O)C(=O)O)C1=O. The fraction of sp³-hybridized carbons (Fsp3) is 0.280. The van der Waals surface area contributed by atoms with Crippen molar-refractivity contribution in [2.75, 3.05) is 6.54 Å². The van der Waals surface area contributed by atoms with E-state index in [9.17, 15) is 28.7 Å². The Bertz CT molecular complexity index is 1100. The van der Waals surface area contributed by atoms with Gasteiger partial charge in [0.15, 0.2) is 0 Å². The molecule has 7 nitrogen and oxygen atoms in total. The van der Waals surface area contributed by atoms with E-state index in [2.05, 4.69) is 5.32 Å².